The zero-order chi connectivity index (χ0) is 15.4. The van der Waals surface area contributed by atoms with Crippen molar-refractivity contribution in [2.45, 2.75) is 26.3 Å². The first kappa shape index (κ1) is 15.0. The van der Waals surface area contributed by atoms with Gasteiger partial charge in [-0.3, -0.25) is 14.6 Å². The summed E-state index contributed by atoms with van der Waals surface area (Å²) in [4.78, 5) is 29.2. The number of pyridine rings is 1. The third kappa shape index (κ3) is 3.37. The Labute approximate surface area is 123 Å². The molecule has 0 spiro atoms. The Balaban J connectivity index is 2.28. The molecule has 1 amide bonds. The number of benzene rings is 1. The van der Waals surface area contributed by atoms with Gasteiger partial charge in [-0.1, -0.05) is 6.07 Å². The van der Waals surface area contributed by atoms with Gasteiger partial charge >= 0.3 is 5.97 Å². The van der Waals surface area contributed by atoms with Gasteiger partial charge in [-0.05, 0) is 38.1 Å². The second-order valence-corrected chi connectivity index (χ2v) is 4.95. The van der Waals surface area contributed by atoms with Crippen LogP contribution in [-0.4, -0.2) is 39.5 Å². The van der Waals surface area contributed by atoms with E-state index in [1.54, 1.807) is 36.2 Å². The Hall–Kier alpha value is -2.43. The molecule has 1 aromatic heterocycles. The van der Waals surface area contributed by atoms with Crippen molar-refractivity contribution in [2.24, 2.45) is 0 Å². The van der Waals surface area contributed by atoms with Gasteiger partial charge in [0, 0.05) is 29.7 Å². The van der Waals surface area contributed by atoms with Crippen molar-refractivity contribution in [3.8, 4) is 0 Å². The van der Waals surface area contributed by atoms with Crippen molar-refractivity contribution in [3.63, 3.8) is 0 Å². The van der Waals surface area contributed by atoms with E-state index in [0.29, 0.717) is 12.1 Å². The van der Waals surface area contributed by atoms with E-state index in [2.05, 4.69) is 4.98 Å². The maximum absolute atomic E-state index is 12.6. The number of hydrogen-bond donors (Lipinski definition) is 1. The van der Waals surface area contributed by atoms with Crippen LogP contribution >= 0.6 is 0 Å². The van der Waals surface area contributed by atoms with Gasteiger partial charge in [0.25, 0.3) is 5.91 Å². The fraction of sp³-hybridized carbons (Fsp3) is 0.312. The second-order valence-electron chi connectivity index (χ2n) is 4.95. The molecule has 1 unspecified atom stereocenters. The first-order valence-corrected chi connectivity index (χ1v) is 6.90. The Bertz CT molecular complexity index is 669. The van der Waals surface area contributed by atoms with E-state index < -0.39 is 5.97 Å². The summed E-state index contributed by atoms with van der Waals surface area (Å²) in [6.45, 7) is 4.06. The summed E-state index contributed by atoms with van der Waals surface area (Å²) in [7, 11) is 0. The van der Waals surface area contributed by atoms with Crippen LogP contribution in [-0.2, 0) is 4.79 Å². The highest BCUT2D eigenvalue weighted by Gasteiger charge is 2.22. The number of rotatable bonds is 5. The SMILES string of the molecule is CCN(C(=O)c1ccc2ncccc2c1)C(C)CC(=O)O. The van der Waals surface area contributed by atoms with Gasteiger partial charge in [0.15, 0.2) is 0 Å². The molecule has 5 nitrogen and oxygen atoms in total. The van der Waals surface area contributed by atoms with Crippen LogP contribution in [0.1, 0.15) is 30.6 Å². The number of nitrogens with zero attached hydrogens (tertiary/aromatic N) is 2. The minimum Gasteiger partial charge on any atom is -0.481 e. The molecule has 0 bridgehead atoms. The van der Waals surface area contributed by atoms with Crippen molar-refractivity contribution in [3.05, 3.63) is 42.1 Å². The number of fused-ring (bicyclic) bond motifs is 1. The molecule has 21 heavy (non-hydrogen) atoms. The average Bonchev–Trinajstić information content (AvgIpc) is 2.46. The number of aliphatic carboxylic acids is 1. The summed E-state index contributed by atoms with van der Waals surface area (Å²) >= 11 is 0. The number of carboxylic acids is 1. The summed E-state index contributed by atoms with van der Waals surface area (Å²) in [5.74, 6) is -1.06. The van der Waals surface area contributed by atoms with Crippen LogP contribution in [0.2, 0.25) is 0 Å². The molecule has 0 saturated heterocycles. The number of aromatic nitrogens is 1. The molecule has 0 aliphatic carbocycles. The predicted octanol–water partition coefficient (Wildman–Crippen LogP) is 2.56. The third-order valence-electron chi connectivity index (χ3n) is 3.45. The molecule has 5 heteroatoms. The van der Waals surface area contributed by atoms with E-state index in [9.17, 15) is 9.59 Å². The summed E-state index contributed by atoms with van der Waals surface area (Å²) in [5, 5.41) is 9.77. The van der Waals surface area contributed by atoms with Gasteiger partial charge in [-0.2, -0.15) is 0 Å². The highest BCUT2D eigenvalue weighted by atomic mass is 16.4. The Kier molecular flexibility index (Phi) is 4.52. The number of amides is 1. The highest BCUT2D eigenvalue weighted by Crippen LogP contribution is 2.16. The quantitative estimate of drug-likeness (QED) is 0.917. The van der Waals surface area contributed by atoms with Crippen molar-refractivity contribution >= 4 is 22.8 Å². The van der Waals surface area contributed by atoms with Crippen LogP contribution < -0.4 is 0 Å². The topological polar surface area (TPSA) is 70.5 Å². The minimum absolute atomic E-state index is 0.0608. The lowest BCUT2D eigenvalue weighted by molar-refractivity contribution is -0.138. The fourth-order valence-corrected chi connectivity index (χ4v) is 2.39. The van der Waals surface area contributed by atoms with E-state index in [4.69, 9.17) is 5.11 Å². The number of hydrogen-bond acceptors (Lipinski definition) is 3. The van der Waals surface area contributed by atoms with Crippen LogP contribution in [0.3, 0.4) is 0 Å². The summed E-state index contributed by atoms with van der Waals surface area (Å²) in [6.07, 6.45) is 1.64. The fourth-order valence-electron chi connectivity index (χ4n) is 2.39. The molecule has 2 aromatic rings. The summed E-state index contributed by atoms with van der Waals surface area (Å²) in [6, 6.07) is 8.70. The smallest absolute Gasteiger partial charge is 0.305 e. The zero-order valence-electron chi connectivity index (χ0n) is 12.1. The molecule has 2 rings (SSSR count). The molecule has 1 aromatic carbocycles. The maximum Gasteiger partial charge on any atom is 0.305 e. The molecule has 0 aliphatic rings. The first-order valence-electron chi connectivity index (χ1n) is 6.90. The molecule has 0 aliphatic heterocycles. The molecule has 0 fully saturated rings. The van der Waals surface area contributed by atoms with Gasteiger partial charge in [0.1, 0.15) is 0 Å². The molecular weight excluding hydrogens is 268 g/mol. The van der Waals surface area contributed by atoms with E-state index in [-0.39, 0.29) is 18.4 Å². The Morgan fingerprint density at radius 3 is 2.76 bits per heavy atom. The lowest BCUT2D eigenvalue weighted by Gasteiger charge is -2.27. The summed E-state index contributed by atoms with van der Waals surface area (Å²) in [5.41, 5.74) is 1.38. The average molecular weight is 286 g/mol. The maximum atomic E-state index is 12.6. The standard InChI is InChI=1S/C16H18N2O3/c1-3-18(11(2)9-15(19)20)16(21)13-6-7-14-12(10-13)5-4-8-17-14/h4-8,10-11H,3,9H2,1-2H3,(H,19,20). The Morgan fingerprint density at radius 1 is 1.33 bits per heavy atom. The highest BCUT2D eigenvalue weighted by molar-refractivity contribution is 5.98. The van der Waals surface area contributed by atoms with Gasteiger partial charge in [-0.15, -0.1) is 0 Å². The van der Waals surface area contributed by atoms with E-state index in [1.165, 1.54) is 0 Å². The molecule has 1 heterocycles. The van der Waals surface area contributed by atoms with Gasteiger partial charge in [0.05, 0.1) is 11.9 Å². The molecule has 0 saturated carbocycles. The van der Waals surface area contributed by atoms with E-state index in [1.807, 2.05) is 19.1 Å². The molecule has 0 radical (unpaired) electrons. The van der Waals surface area contributed by atoms with E-state index >= 15 is 0 Å². The monoisotopic (exact) mass is 286 g/mol. The van der Waals surface area contributed by atoms with Crippen LogP contribution in [0, 0.1) is 0 Å². The largest absolute Gasteiger partial charge is 0.481 e. The normalized spacial score (nSPS) is 12.1. The van der Waals surface area contributed by atoms with Gasteiger partial charge in [0.2, 0.25) is 0 Å². The molecular formula is C16H18N2O3. The van der Waals surface area contributed by atoms with Crippen molar-refractivity contribution < 1.29 is 14.7 Å². The minimum atomic E-state index is -0.906. The van der Waals surface area contributed by atoms with Crippen LogP contribution in [0.5, 0.6) is 0 Å². The number of carbonyl (C=O) groups excluding carboxylic acids is 1. The number of carboxylic acid groups (broad SMARTS) is 1. The van der Waals surface area contributed by atoms with Gasteiger partial charge < -0.3 is 10.0 Å². The predicted molar refractivity (Wildman–Crippen MR) is 80.2 cm³/mol. The first-order chi connectivity index (χ1) is 10.0. The summed E-state index contributed by atoms with van der Waals surface area (Å²) < 4.78 is 0. The van der Waals surface area contributed by atoms with Crippen LogP contribution in [0.25, 0.3) is 10.9 Å². The van der Waals surface area contributed by atoms with Crippen LogP contribution in [0.15, 0.2) is 36.5 Å². The second kappa shape index (κ2) is 6.35. The third-order valence-corrected chi connectivity index (χ3v) is 3.45. The molecule has 1 atom stereocenters. The van der Waals surface area contributed by atoms with Crippen molar-refractivity contribution in [1.29, 1.82) is 0 Å². The van der Waals surface area contributed by atoms with E-state index in [0.717, 1.165) is 10.9 Å². The lowest BCUT2D eigenvalue weighted by atomic mass is 10.1. The zero-order valence-corrected chi connectivity index (χ0v) is 12.1. The lowest BCUT2D eigenvalue weighted by Crippen LogP contribution is -2.39. The number of carbonyl (C=O) groups is 2. The molecule has 110 valence electrons. The van der Waals surface area contributed by atoms with Crippen LogP contribution in [0.4, 0.5) is 0 Å². The Morgan fingerprint density at radius 2 is 2.10 bits per heavy atom. The van der Waals surface area contributed by atoms with Crippen molar-refractivity contribution in [1.82, 2.24) is 9.88 Å². The molecule has 1 N–H and O–H groups in total. The van der Waals surface area contributed by atoms with Crippen molar-refractivity contribution in [2.75, 3.05) is 6.54 Å². The van der Waals surface area contributed by atoms with Gasteiger partial charge in [-0.25, -0.2) is 0 Å².